The van der Waals surface area contributed by atoms with Gasteiger partial charge < -0.3 is 5.73 Å². The summed E-state index contributed by atoms with van der Waals surface area (Å²) in [4.78, 5) is 5.04. The fourth-order valence-electron chi connectivity index (χ4n) is 2.49. The molecule has 21 heavy (non-hydrogen) atoms. The normalized spacial score (nSPS) is 12.6. The molecule has 1 aliphatic heterocycles. The summed E-state index contributed by atoms with van der Waals surface area (Å²) in [6.45, 7) is 0. The molecule has 4 rings (SSSR count). The summed E-state index contributed by atoms with van der Waals surface area (Å²) < 4.78 is 0. The zero-order valence-electron chi connectivity index (χ0n) is 11.2. The highest BCUT2D eigenvalue weighted by Gasteiger charge is 2.21. The van der Waals surface area contributed by atoms with Crippen LogP contribution >= 0.6 is 23.5 Å². The van der Waals surface area contributed by atoms with Crippen molar-refractivity contribution < 1.29 is 0 Å². The fraction of sp³-hybridized carbons (Fsp3) is 0. The molecule has 0 aromatic heterocycles. The number of hydrogen-bond donors (Lipinski definition) is 1. The minimum absolute atomic E-state index is 0.860. The lowest BCUT2D eigenvalue weighted by Crippen LogP contribution is -1.96. The highest BCUT2D eigenvalue weighted by atomic mass is 32.2. The number of nitrogens with two attached hydrogens (primary N) is 1. The van der Waals surface area contributed by atoms with Gasteiger partial charge in [0.1, 0.15) is 0 Å². The number of fused-ring (bicyclic) bond motifs is 2. The molecule has 0 fully saturated rings. The summed E-state index contributed by atoms with van der Waals surface area (Å²) in [6.07, 6.45) is 0. The van der Waals surface area contributed by atoms with Crippen LogP contribution in [0.1, 0.15) is 0 Å². The van der Waals surface area contributed by atoms with Crippen LogP contribution in [-0.2, 0) is 0 Å². The van der Waals surface area contributed by atoms with Gasteiger partial charge in [0, 0.05) is 25.3 Å². The molecule has 2 N–H and O–H groups in total. The maximum atomic E-state index is 6.15. The van der Waals surface area contributed by atoms with Gasteiger partial charge in [-0.2, -0.15) is 0 Å². The Kier molecular flexibility index (Phi) is 3.17. The van der Waals surface area contributed by atoms with Gasteiger partial charge in [-0.25, -0.2) is 0 Å². The average Bonchev–Trinajstić information content (AvgIpc) is 2.54. The van der Waals surface area contributed by atoms with E-state index < -0.39 is 0 Å². The second kappa shape index (κ2) is 5.17. The molecule has 0 bridgehead atoms. The first kappa shape index (κ1) is 12.9. The maximum Gasteiger partial charge on any atom is 0.0492 e. The van der Waals surface area contributed by atoms with Gasteiger partial charge in [-0.1, -0.05) is 72.1 Å². The van der Waals surface area contributed by atoms with E-state index in [0.717, 1.165) is 5.69 Å². The Labute approximate surface area is 132 Å². The molecular formula is C18H13NS2. The summed E-state index contributed by atoms with van der Waals surface area (Å²) in [5.41, 5.74) is 9.54. The minimum atomic E-state index is 0.860. The second-order valence-corrected chi connectivity index (χ2v) is 6.98. The fourth-order valence-corrected chi connectivity index (χ4v) is 4.96. The van der Waals surface area contributed by atoms with Gasteiger partial charge in [0.25, 0.3) is 0 Å². The summed E-state index contributed by atoms with van der Waals surface area (Å²) >= 11 is 3.59. The Bertz CT molecular complexity index is 813. The third kappa shape index (κ3) is 2.23. The summed E-state index contributed by atoms with van der Waals surface area (Å²) in [6, 6.07) is 23.2. The van der Waals surface area contributed by atoms with Gasteiger partial charge in [-0.05, 0) is 29.3 Å². The first-order chi connectivity index (χ1) is 10.3. The van der Waals surface area contributed by atoms with Crippen molar-refractivity contribution in [2.75, 3.05) is 5.73 Å². The molecule has 3 aromatic rings. The van der Waals surface area contributed by atoms with Crippen LogP contribution < -0.4 is 5.73 Å². The predicted octanol–water partition coefficient (Wildman–Crippen LogP) is 5.55. The zero-order chi connectivity index (χ0) is 14.2. The van der Waals surface area contributed by atoms with Gasteiger partial charge in [0.05, 0.1) is 0 Å². The number of rotatable bonds is 1. The lowest BCUT2D eigenvalue weighted by atomic mass is 10.1. The molecule has 0 aliphatic carbocycles. The van der Waals surface area contributed by atoms with E-state index >= 15 is 0 Å². The van der Waals surface area contributed by atoms with E-state index in [-0.39, 0.29) is 0 Å². The van der Waals surface area contributed by atoms with Crippen LogP contribution in [0.25, 0.3) is 11.1 Å². The Balaban J connectivity index is 1.88. The first-order valence-electron chi connectivity index (χ1n) is 6.75. The van der Waals surface area contributed by atoms with Crippen molar-refractivity contribution in [2.24, 2.45) is 0 Å². The predicted molar refractivity (Wildman–Crippen MR) is 91.0 cm³/mol. The van der Waals surface area contributed by atoms with Gasteiger partial charge in [-0.15, -0.1) is 0 Å². The average molecular weight is 307 g/mol. The molecule has 0 spiro atoms. The third-order valence-electron chi connectivity index (χ3n) is 3.50. The van der Waals surface area contributed by atoms with Gasteiger partial charge >= 0.3 is 0 Å². The van der Waals surface area contributed by atoms with Crippen molar-refractivity contribution in [1.82, 2.24) is 0 Å². The van der Waals surface area contributed by atoms with E-state index in [9.17, 15) is 0 Å². The van der Waals surface area contributed by atoms with Crippen LogP contribution in [0.2, 0.25) is 0 Å². The maximum absolute atomic E-state index is 6.15. The lowest BCUT2D eigenvalue weighted by Gasteiger charge is -2.22. The monoisotopic (exact) mass is 307 g/mol. The topological polar surface area (TPSA) is 26.0 Å². The van der Waals surface area contributed by atoms with Gasteiger partial charge in [0.15, 0.2) is 0 Å². The van der Waals surface area contributed by atoms with Crippen LogP contribution in [0, 0.1) is 0 Å². The van der Waals surface area contributed by atoms with Crippen LogP contribution in [-0.4, -0.2) is 0 Å². The van der Waals surface area contributed by atoms with Crippen molar-refractivity contribution in [3.63, 3.8) is 0 Å². The Morgan fingerprint density at radius 2 is 1.33 bits per heavy atom. The van der Waals surface area contributed by atoms with Crippen LogP contribution in [0.4, 0.5) is 5.69 Å². The van der Waals surface area contributed by atoms with Crippen LogP contribution in [0.3, 0.4) is 0 Å². The molecule has 1 aliphatic rings. The summed E-state index contributed by atoms with van der Waals surface area (Å²) in [5.74, 6) is 0. The number of benzene rings is 3. The molecule has 0 amide bonds. The first-order valence-corrected chi connectivity index (χ1v) is 8.39. The smallest absolute Gasteiger partial charge is 0.0492 e. The van der Waals surface area contributed by atoms with E-state index in [0.29, 0.717) is 0 Å². The minimum Gasteiger partial charge on any atom is -0.398 e. The number of nitrogen functional groups attached to an aromatic ring is 1. The van der Waals surface area contributed by atoms with Crippen molar-refractivity contribution >= 4 is 29.2 Å². The molecule has 0 saturated carbocycles. The molecule has 0 radical (unpaired) electrons. The largest absolute Gasteiger partial charge is 0.398 e. The highest BCUT2D eigenvalue weighted by molar-refractivity contribution is 8.05. The molecule has 0 atom stereocenters. The molecule has 1 nitrogen and oxygen atoms in total. The van der Waals surface area contributed by atoms with E-state index in [1.165, 1.54) is 30.7 Å². The second-order valence-electron chi connectivity index (χ2n) is 4.88. The molecule has 0 unspecified atom stereocenters. The molecule has 0 saturated heterocycles. The molecular weight excluding hydrogens is 294 g/mol. The van der Waals surface area contributed by atoms with E-state index in [1.807, 2.05) is 18.2 Å². The quantitative estimate of drug-likeness (QED) is 0.467. The molecule has 3 aromatic carbocycles. The molecule has 1 heterocycles. The van der Waals surface area contributed by atoms with Crippen molar-refractivity contribution in [1.29, 1.82) is 0 Å². The van der Waals surface area contributed by atoms with Crippen molar-refractivity contribution in [3.05, 3.63) is 66.7 Å². The standard InChI is InChI=1S/C18H13NS2/c19-14-9-5-11-16-18(14)21-17-13(8-4-10-15(17)20-16)12-6-2-1-3-7-12/h1-11H,19H2. The Hall–Kier alpha value is -1.84. The Morgan fingerprint density at radius 1 is 0.619 bits per heavy atom. The highest BCUT2D eigenvalue weighted by Crippen LogP contribution is 2.53. The van der Waals surface area contributed by atoms with Crippen LogP contribution in [0.5, 0.6) is 0 Å². The summed E-state index contributed by atoms with van der Waals surface area (Å²) in [5, 5.41) is 0. The summed E-state index contributed by atoms with van der Waals surface area (Å²) in [7, 11) is 0. The number of hydrogen-bond acceptors (Lipinski definition) is 3. The Morgan fingerprint density at radius 3 is 2.14 bits per heavy atom. The van der Waals surface area contributed by atoms with E-state index in [1.54, 1.807) is 23.5 Å². The third-order valence-corrected chi connectivity index (χ3v) is 6.18. The lowest BCUT2D eigenvalue weighted by molar-refractivity contribution is 1.16. The van der Waals surface area contributed by atoms with E-state index in [4.69, 9.17) is 5.73 Å². The van der Waals surface area contributed by atoms with Gasteiger partial charge in [-0.3, -0.25) is 0 Å². The van der Waals surface area contributed by atoms with Gasteiger partial charge in [0.2, 0.25) is 0 Å². The van der Waals surface area contributed by atoms with Crippen molar-refractivity contribution in [3.8, 4) is 11.1 Å². The molecule has 3 heteroatoms. The van der Waals surface area contributed by atoms with Crippen LogP contribution in [0.15, 0.2) is 86.3 Å². The number of anilines is 1. The SMILES string of the molecule is Nc1cccc2c1Sc1c(cccc1-c1ccccc1)S2. The molecule has 102 valence electrons. The van der Waals surface area contributed by atoms with Crippen molar-refractivity contribution in [2.45, 2.75) is 19.6 Å². The van der Waals surface area contributed by atoms with E-state index in [2.05, 4.69) is 48.5 Å². The zero-order valence-corrected chi connectivity index (χ0v) is 12.9.